The quantitative estimate of drug-likeness (QED) is 0.536. The van der Waals surface area contributed by atoms with Crippen LogP contribution in [0.3, 0.4) is 0 Å². The number of rotatable bonds is 2. The molecule has 2 aromatic heterocycles. The first-order chi connectivity index (χ1) is 11.1. The molecule has 23 heavy (non-hydrogen) atoms. The van der Waals surface area contributed by atoms with Gasteiger partial charge in [0.1, 0.15) is 0 Å². The highest BCUT2D eigenvalue weighted by atomic mass is 35.5. The SMILES string of the molecule is CC(C)c1nnc2c3ccc(Cl)cc3c(-c3ccccc3)nn12. The third-order valence-electron chi connectivity index (χ3n) is 3.91. The van der Waals surface area contributed by atoms with Crippen LogP contribution in [0.5, 0.6) is 0 Å². The van der Waals surface area contributed by atoms with Crippen LogP contribution in [0, 0.1) is 0 Å². The Hall–Kier alpha value is -2.46. The first-order valence-corrected chi connectivity index (χ1v) is 7.93. The van der Waals surface area contributed by atoms with Gasteiger partial charge in [0.25, 0.3) is 0 Å². The summed E-state index contributed by atoms with van der Waals surface area (Å²) in [7, 11) is 0. The molecule has 0 atom stereocenters. The second-order valence-electron chi connectivity index (χ2n) is 5.85. The largest absolute Gasteiger partial charge is 0.196 e. The zero-order valence-electron chi connectivity index (χ0n) is 12.9. The smallest absolute Gasteiger partial charge is 0.185 e. The van der Waals surface area contributed by atoms with Crippen molar-refractivity contribution in [2.24, 2.45) is 0 Å². The van der Waals surface area contributed by atoms with Crippen molar-refractivity contribution in [1.29, 1.82) is 0 Å². The van der Waals surface area contributed by atoms with Crippen molar-refractivity contribution in [3.05, 3.63) is 59.4 Å². The van der Waals surface area contributed by atoms with E-state index in [1.165, 1.54) is 0 Å². The van der Waals surface area contributed by atoms with Crippen LogP contribution in [0.25, 0.3) is 27.7 Å². The van der Waals surface area contributed by atoms with Crippen LogP contribution in [0.2, 0.25) is 5.02 Å². The summed E-state index contributed by atoms with van der Waals surface area (Å²) in [5.41, 5.74) is 2.70. The average molecular weight is 323 g/mol. The van der Waals surface area contributed by atoms with E-state index in [1.54, 1.807) is 0 Å². The molecular weight excluding hydrogens is 308 g/mol. The summed E-state index contributed by atoms with van der Waals surface area (Å²) in [6, 6.07) is 15.9. The summed E-state index contributed by atoms with van der Waals surface area (Å²) in [6.45, 7) is 4.18. The molecule has 114 valence electrons. The molecule has 0 unspecified atom stereocenters. The predicted molar refractivity (Wildman–Crippen MR) is 92.8 cm³/mol. The van der Waals surface area contributed by atoms with Gasteiger partial charge in [-0.3, -0.25) is 0 Å². The molecule has 0 N–H and O–H groups in total. The van der Waals surface area contributed by atoms with Gasteiger partial charge >= 0.3 is 0 Å². The van der Waals surface area contributed by atoms with Crippen LogP contribution in [0.4, 0.5) is 0 Å². The van der Waals surface area contributed by atoms with Gasteiger partial charge in [0, 0.05) is 27.3 Å². The summed E-state index contributed by atoms with van der Waals surface area (Å²) < 4.78 is 1.85. The van der Waals surface area contributed by atoms with E-state index < -0.39 is 0 Å². The minimum Gasteiger partial charge on any atom is -0.196 e. The van der Waals surface area contributed by atoms with Gasteiger partial charge in [-0.1, -0.05) is 55.8 Å². The third-order valence-corrected chi connectivity index (χ3v) is 4.14. The minimum atomic E-state index is 0.242. The lowest BCUT2D eigenvalue weighted by atomic mass is 10.0. The van der Waals surface area contributed by atoms with Gasteiger partial charge in [-0.05, 0) is 18.2 Å². The Labute approximate surface area is 138 Å². The molecule has 4 aromatic rings. The highest BCUT2D eigenvalue weighted by Gasteiger charge is 2.17. The zero-order valence-corrected chi connectivity index (χ0v) is 13.6. The number of halogens is 1. The minimum absolute atomic E-state index is 0.242. The maximum Gasteiger partial charge on any atom is 0.185 e. The van der Waals surface area contributed by atoms with E-state index in [4.69, 9.17) is 16.7 Å². The monoisotopic (exact) mass is 322 g/mol. The zero-order chi connectivity index (χ0) is 16.0. The second kappa shape index (κ2) is 5.32. The van der Waals surface area contributed by atoms with Crippen LogP contribution >= 0.6 is 11.6 Å². The number of fused-ring (bicyclic) bond motifs is 3. The molecule has 0 radical (unpaired) electrons. The van der Waals surface area contributed by atoms with Gasteiger partial charge in [0.05, 0.1) is 5.69 Å². The van der Waals surface area contributed by atoms with Gasteiger partial charge < -0.3 is 0 Å². The van der Waals surface area contributed by atoms with E-state index in [9.17, 15) is 0 Å². The van der Waals surface area contributed by atoms with Crippen molar-refractivity contribution in [2.75, 3.05) is 0 Å². The summed E-state index contributed by atoms with van der Waals surface area (Å²) in [4.78, 5) is 0. The number of nitrogens with zero attached hydrogens (tertiary/aromatic N) is 4. The molecule has 0 aliphatic rings. The highest BCUT2D eigenvalue weighted by molar-refractivity contribution is 6.31. The molecule has 4 rings (SSSR count). The van der Waals surface area contributed by atoms with Gasteiger partial charge in [-0.2, -0.15) is 9.61 Å². The van der Waals surface area contributed by atoms with Crippen molar-refractivity contribution in [3.63, 3.8) is 0 Å². The normalized spacial score (nSPS) is 11.7. The van der Waals surface area contributed by atoms with E-state index in [2.05, 4.69) is 24.0 Å². The summed E-state index contributed by atoms with van der Waals surface area (Å²) in [5.74, 6) is 1.10. The molecule has 4 nitrogen and oxygen atoms in total. The fraction of sp³-hybridized carbons (Fsp3) is 0.167. The number of hydrogen-bond acceptors (Lipinski definition) is 3. The Kier molecular flexibility index (Phi) is 3.27. The molecule has 0 aliphatic carbocycles. The molecule has 2 heterocycles. The second-order valence-corrected chi connectivity index (χ2v) is 6.29. The molecule has 0 saturated heterocycles. The molecule has 5 heteroatoms. The maximum absolute atomic E-state index is 6.21. The van der Waals surface area contributed by atoms with Gasteiger partial charge in [0.15, 0.2) is 11.5 Å². The van der Waals surface area contributed by atoms with Crippen LogP contribution in [0.15, 0.2) is 48.5 Å². The molecule has 0 bridgehead atoms. The van der Waals surface area contributed by atoms with Crippen molar-refractivity contribution in [3.8, 4) is 11.3 Å². The molecule has 0 fully saturated rings. The highest BCUT2D eigenvalue weighted by Crippen LogP contribution is 2.31. The number of hydrogen-bond donors (Lipinski definition) is 0. The van der Waals surface area contributed by atoms with Crippen molar-refractivity contribution >= 4 is 28.0 Å². The maximum atomic E-state index is 6.21. The van der Waals surface area contributed by atoms with Crippen LogP contribution in [-0.4, -0.2) is 19.8 Å². The predicted octanol–water partition coefficient (Wildman–Crippen LogP) is 4.72. The molecular formula is C18H15ClN4. The first-order valence-electron chi connectivity index (χ1n) is 7.55. The summed E-state index contributed by atoms with van der Waals surface area (Å²) in [6.07, 6.45) is 0. The average Bonchev–Trinajstić information content (AvgIpc) is 2.99. The molecule has 0 amide bonds. The van der Waals surface area contributed by atoms with Gasteiger partial charge in [-0.25, -0.2) is 0 Å². The van der Waals surface area contributed by atoms with Gasteiger partial charge in [-0.15, -0.1) is 10.2 Å². The van der Waals surface area contributed by atoms with Crippen LogP contribution < -0.4 is 0 Å². The van der Waals surface area contributed by atoms with Crippen molar-refractivity contribution in [2.45, 2.75) is 19.8 Å². The number of benzene rings is 2. The van der Waals surface area contributed by atoms with Crippen molar-refractivity contribution < 1.29 is 0 Å². The lowest BCUT2D eigenvalue weighted by molar-refractivity contribution is 0.724. The Morgan fingerprint density at radius 1 is 0.957 bits per heavy atom. The van der Waals surface area contributed by atoms with Crippen LogP contribution in [0.1, 0.15) is 25.6 Å². The van der Waals surface area contributed by atoms with Gasteiger partial charge in [0.2, 0.25) is 0 Å². The van der Waals surface area contributed by atoms with E-state index in [1.807, 2.05) is 53.0 Å². The van der Waals surface area contributed by atoms with Crippen LogP contribution in [-0.2, 0) is 0 Å². The Bertz CT molecular complexity index is 1010. The molecule has 0 saturated carbocycles. The van der Waals surface area contributed by atoms with E-state index >= 15 is 0 Å². The molecule has 0 spiro atoms. The summed E-state index contributed by atoms with van der Waals surface area (Å²) in [5, 5.41) is 16.2. The number of aromatic nitrogens is 4. The lowest BCUT2D eigenvalue weighted by Crippen LogP contribution is -2.03. The first kappa shape index (κ1) is 14.2. The fourth-order valence-corrected chi connectivity index (χ4v) is 2.96. The van der Waals surface area contributed by atoms with E-state index in [0.29, 0.717) is 5.02 Å². The van der Waals surface area contributed by atoms with E-state index in [0.717, 1.165) is 33.5 Å². The standard InChI is InChI=1S/C18H15ClN4/c1-11(2)17-20-21-18-14-9-8-13(19)10-15(14)16(22-23(17)18)12-6-4-3-5-7-12/h3-11H,1-2H3. The summed E-state index contributed by atoms with van der Waals surface area (Å²) >= 11 is 6.21. The fourth-order valence-electron chi connectivity index (χ4n) is 2.79. The molecule has 2 aromatic carbocycles. The Balaban J connectivity index is 2.17. The van der Waals surface area contributed by atoms with Crippen molar-refractivity contribution in [1.82, 2.24) is 19.8 Å². The van der Waals surface area contributed by atoms with E-state index in [-0.39, 0.29) is 5.92 Å². The third kappa shape index (κ3) is 2.26. The Morgan fingerprint density at radius 3 is 2.48 bits per heavy atom. The lowest BCUT2D eigenvalue weighted by Gasteiger charge is -2.10. The molecule has 0 aliphatic heterocycles. The topological polar surface area (TPSA) is 43.1 Å². The Morgan fingerprint density at radius 2 is 1.74 bits per heavy atom.